The van der Waals surface area contributed by atoms with Gasteiger partial charge in [0.1, 0.15) is 5.76 Å². The predicted octanol–water partition coefficient (Wildman–Crippen LogP) is 3.35. The van der Waals surface area contributed by atoms with Crippen LogP contribution in [-0.4, -0.2) is 48.2 Å². The maximum absolute atomic E-state index is 12.5. The molecule has 1 aliphatic heterocycles. The Balaban J connectivity index is 0.000000298. The lowest BCUT2D eigenvalue weighted by atomic mass is 9.94. The van der Waals surface area contributed by atoms with E-state index in [1.807, 2.05) is 13.0 Å². The first-order valence-electron chi connectivity index (χ1n) is 9.02. The van der Waals surface area contributed by atoms with Crippen molar-refractivity contribution in [3.63, 3.8) is 0 Å². The van der Waals surface area contributed by atoms with Crippen LogP contribution in [0.3, 0.4) is 0 Å². The van der Waals surface area contributed by atoms with Crippen LogP contribution in [0.4, 0.5) is 13.2 Å². The van der Waals surface area contributed by atoms with E-state index in [2.05, 4.69) is 41.5 Å². The van der Waals surface area contributed by atoms with Gasteiger partial charge in [0, 0.05) is 24.9 Å². The summed E-state index contributed by atoms with van der Waals surface area (Å²) in [6.45, 7) is 3.93. The number of aryl methyl sites for hydroxylation is 1. The summed E-state index contributed by atoms with van der Waals surface area (Å²) >= 11 is 0. The van der Waals surface area contributed by atoms with Gasteiger partial charge in [-0.1, -0.05) is 24.3 Å². The zero-order valence-electron chi connectivity index (χ0n) is 15.9. The van der Waals surface area contributed by atoms with E-state index < -0.39 is 12.1 Å². The lowest BCUT2D eigenvalue weighted by Crippen LogP contribution is -2.33. The van der Waals surface area contributed by atoms with Crippen molar-refractivity contribution in [3.8, 4) is 0 Å². The fourth-order valence-corrected chi connectivity index (χ4v) is 4.02. The fourth-order valence-electron chi connectivity index (χ4n) is 4.02. The standard InChI is InChI=1S/C18H20N2O2.C2HF3O2/c1-11-7-8-16(22-11)18(21)19-17-13-6-4-3-5-12(13)14-9-20(2)10-15(14)17;3-2(4,5)1(6)7/h3-8,14-15,17H,9-10H2,1-2H3,(H,19,21);(H,6,7)/t14-,15-,17+;/m0./s1. The van der Waals surface area contributed by atoms with Gasteiger partial charge in [-0.05, 0) is 37.2 Å². The molecule has 0 unspecified atom stereocenters. The molecule has 0 bridgehead atoms. The van der Waals surface area contributed by atoms with Crippen molar-refractivity contribution in [2.75, 3.05) is 20.1 Å². The van der Waals surface area contributed by atoms with Crippen molar-refractivity contribution in [1.82, 2.24) is 10.2 Å². The quantitative estimate of drug-likeness (QED) is 0.794. The number of nitrogens with zero attached hydrogens (tertiary/aromatic N) is 1. The van der Waals surface area contributed by atoms with Gasteiger partial charge >= 0.3 is 12.1 Å². The maximum atomic E-state index is 12.5. The van der Waals surface area contributed by atoms with Crippen molar-refractivity contribution in [3.05, 3.63) is 59.0 Å². The van der Waals surface area contributed by atoms with E-state index in [0.29, 0.717) is 17.6 Å². The molecule has 0 spiro atoms. The van der Waals surface area contributed by atoms with E-state index in [-0.39, 0.29) is 11.9 Å². The van der Waals surface area contributed by atoms with Gasteiger partial charge in [0.05, 0.1) is 6.04 Å². The van der Waals surface area contributed by atoms with E-state index >= 15 is 0 Å². The van der Waals surface area contributed by atoms with E-state index in [0.717, 1.165) is 18.8 Å². The Morgan fingerprint density at radius 1 is 1.14 bits per heavy atom. The lowest BCUT2D eigenvalue weighted by Gasteiger charge is -2.21. The molecule has 2 aliphatic rings. The molecular weight excluding hydrogens is 389 g/mol. The number of hydrogen-bond donors (Lipinski definition) is 2. The SMILES string of the molecule is Cc1ccc(C(=O)N[C@@H]2c3ccccc3[C@@H]3CN(C)C[C@H]23)o1.O=C(O)C(F)(F)F. The number of carbonyl (C=O) groups is 2. The third-order valence-electron chi connectivity index (χ3n) is 5.20. The van der Waals surface area contributed by atoms with Gasteiger partial charge in [-0.25, -0.2) is 4.79 Å². The highest BCUT2D eigenvalue weighted by Crippen LogP contribution is 2.48. The molecule has 0 saturated carbocycles. The van der Waals surface area contributed by atoms with Crippen LogP contribution in [0.25, 0.3) is 0 Å². The molecular formula is C20H21F3N2O4. The number of halogens is 3. The van der Waals surface area contributed by atoms with Crippen LogP contribution in [0.15, 0.2) is 40.8 Å². The first-order valence-corrected chi connectivity index (χ1v) is 9.02. The normalized spacial score (nSPS) is 23.0. The molecule has 156 valence electrons. The zero-order chi connectivity index (χ0) is 21.3. The number of aliphatic carboxylic acids is 1. The van der Waals surface area contributed by atoms with Crippen molar-refractivity contribution in [2.24, 2.45) is 5.92 Å². The van der Waals surface area contributed by atoms with Gasteiger partial charge in [-0.2, -0.15) is 13.2 Å². The Kier molecular flexibility index (Phi) is 5.70. The van der Waals surface area contributed by atoms with E-state index in [1.54, 1.807) is 6.07 Å². The molecule has 1 amide bonds. The summed E-state index contributed by atoms with van der Waals surface area (Å²) in [5.41, 5.74) is 2.65. The Morgan fingerprint density at radius 2 is 1.76 bits per heavy atom. The molecule has 2 heterocycles. The number of carboxylic acid groups (broad SMARTS) is 1. The molecule has 29 heavy (non-hydrogen) atoms. The highest BCUT2D eigenvalue weighted by atomic mass is 19.4. The number of nitrogens with one attached hydrogen (secondary N) is 1. The Bertz CT molecular complexity index is 909. The maximum Gasteiger partial charge on any atom is 0.490 e. The molecule has 3 atom stereocenters. The van der Waals surface area contributed by atoms with Crippen LogP contribution < -0.4 is 5.32 Å². The summed E-state index contributed by atoms with van der Waals surface area (Å²) in [5.74, 6) is -0.761. The second-order valence-corrected chi connectivity index (χ2v) is 7.28. The summed E-state index contributed by atoms with van der Waals surface area (Å²) in [4.78, 5) is 23.7. The molecule has 0 radical (unpaired) electrons. The van der Waals surface area contributed by atoms with Crippen molar-refractivity contribution >= 4 is 11.9 Å². The number of carbonyl (C=O) groups excluding carboxylic acids is 1. The Hall–Kier alpha value is -2.81. The third-order valence-corrected chi connectivity index (χ3v) is 5.20. The summed E-state index contributed by atoms with van der Waals surface area (Å²) < 4.78 is 37.2. The minimum Gasteiger partial charge on any atom is -0.475 e. The second-order valence-electron chi connectivity index (χ2n) is 7.28. The van der Waals surface area contributed by atoms with Crippen LogP contribution in [0.2, 0.25) is 0 Å². The van der Waals surface area contributed by atoms with Crippen LogP contribution in [0.1, 0.15) is 39.4 Å². The van der Waals surface area contributed by atoms with Crippen molar-refractivity contribution in [2.45, 2.75) is 25.1 Å². The number of furan rings is 1. The largest absolute Gasteiger partial charge is 0.490 e. The number of fused-ring (bicyclic) bond motifs is 3. The Morgan fingerprint density at radius 3 is 2.31 bits per heavy atom. The number of benzene rings is 1. The number of amides is 1. The molecule has 1 fully saturated rings. The molecule has 1 aliphatic carbocycles. The van der Waals surface area contributed by atoms with Crippen LogP contribution in [0, 0.1) is 12.8 Å². The second kappa shape index (κ2) is 7.90. The van der Waals surface area contributed by atoms with Crippen molar-refractivity contribution in [1.29, 1.82) is 0 Å². The first kappa shape index (κ1) is 20.9. The van der Waals surface area contributed by atoms with Gasteiger partial charge in [0.15, 0.2) is 5.76 Å². The molecule has 1 aromatic carbocycles. The van der Waals surface area contributed by atoms with Gasteiger partial charge in [0.2, 0.25) is 0 Å². The number of hydrogen-bond acceptors (Lipinski definition) is 4. The third kappa shape index (κ3) is 4.45. The zero-order valence-corrected chi connectivity index (χ0v) is 15.9. The number of alkyl halides is 3. The first-order chi connectivity index (χ1) is 13.6. The Labute approximate surface area is 165 Å². The molecule has 2 aromatic rings. The van der Waals surface area contributed by atoms with E-state index in [4.69, 9.17) is 14.3 Å². The molecule has 4 rings (SSSR count). The average molecular weight is 410 g/mol. The fraction of sp³-hybridized carbons (Fsp3) is 0.400. The van der Waals surface area contributed by atoms with E-state index in [9.17, 15) is 18.0 Å². The number of likely N-dealkylation sites (N-methyl/N-ethyl adjacent to an activating group) is 1. The van der Waals surface area contributed by atoms with Crippen LogP contribution in [0.5, 0.6) is 0 Å². The highest BCUT2D eigenvalue weighted by molar-refractivity contribution is 5.92. The summed E-state index contributed by atoms with van der Waals surface area (Å²) in [6, 6.07) is 12.1. The van der Waals surface area contributed by atoms with Gasteiger partial charge in [-0.3, -0.25) is 4.79 Å². The minimum absolute atomic E-state index is 0.0732. The summed E-state index contributed by atoms with van der Waals surface area (Å²) in [6.07, 6.45) is -5.08. The molecule has 1 saturated heterocycles. The molecule has 1 aromatic heterocycles. The number of rotatable bonds is 2. The number of carboxylic acids is 1. The predicted molar refractivity (Wildman–Crippen MR) is 97.5 cm³/mol. The smallest absolute Gasteiger partial charge is 0.475 e. The topological polar surface area (TPSA) is 82.8 Å². The van der Waals surface area contributed by atoms with Crippen LogP contribution in [-0.2, 0) is 4.79 Å². The molecule has 2 N–H and O–H groups in total. The number of likely N-dealkylation sites (tertiary alicyclic amines) is 1. The molecule has 9 heteroatoms. The monoisotopic (exact) mass is 410 g/mol. The molecule has 6 nitrogen and oxygen atoms in total. The minimum atomic E-state index is -5.08. The van der Waals surface area contributed by atoms with Gasteiger partial charge in [-0.15, -0.1) is 0 Å². The van der Waals surface area contributed by atoms with Gasteiger partial charge < -0.3 is 19.7 Å². The highest BCUT2D eigenvalue weighted by Gasteiger charge is 2.45. The lowest BCUT2D eigenvalue weighted by molar-refractivity contribution is -0.192. The van der Waals surface area contributed by atoms with Gasteiger partial charge in [0.25, 0.3) is 5.91 Å². The summed E-state index contributed by atoms with van der Waals surface area (Å²) in [5, 5.41) is 10.3. The summed E-state index contributed by atoms with van der Waals surface area (Å²) in [7, 11) is 2.15. The van der Waals surface area contributed by atoms with E-state index in [1.165, 1.54) is 11.1 Å². The van der Waals surface area contributed by atoms with Crippen LogP contribution >= 0.6 is 0 Å². The average Bonchev–Trinajstić information content (AvgIpc) is 3.31. The van der Waals surface area contributed by atoms with Crippen molar-refractivity contribution < 1.29 is 32.3 Å².